The monoisotopic (exact) mass is 443 g/mol. The lowest BCUT2D eigenvalue weighted by Gasteiger charge is -2.11. The van der Waals surface area contributed by atoms with Gasteiger partial charge >= 0.3 is 6.55 Å². The van der Waals surface area contributed by atoms with Gasteiger partial charge in [0.1, 0.15) is 23.9 Å². The molecule has 2 aromatic heterocycles. The highest BCUT2D eigenvalue weighted by molar-refractivity contribution is 7.98. The van der Waals surface area contributed by atoms with Gasteiger partial charge in [0.05, 0.1) is 12.9 Å². The van der Waals surface area contributed by atoms with Crippen LogP contribution in [0.15, 0.2) is 72.1 Å². The number of hydrogen-bond donors (Lipinski definition) is 0. The lowest BCUT2D eigenvalue weighted by atomic mass is 10.3. The average molecular weight is 443 g/mol. The summed E-state index contributed by atoms with van der Waals surface area (Å²) in [5.74, 6) is 2.47. The van der Waals surface area contributed by atoms with Crippen LogP contribution in [-0.4, -0.2) is 31.4 Å². The Morgan fingerprint density at radius 3 is 2.42 bits per heavy atom. The number of rotatable bonds is 9. The Balaban J connectivity index is 1.55. The van der Waals surface area contributed by atoms with Crippen molar-refractivity contribution in [2.75, 3.05) is 7.11 Å². The standard InChI is InChI=1S/C21H19F2N5O2S/c1-29-16-7-9-17(10-8-16)30-13-18-25-26-21(28(18)15-5-3-2-4-6-15)31-14-19-24-11-12-27(19)20(22)23/h2-12,20H,13-14H2,1H3. The molecule has 0 saturated heterocycles. The second kappa shape index (κ2) is 9.61. The van der Waals surface area contributed by atoms with Crippen LogP contribution in [0.3, 0.4) is 0 Å². The van der Waals surface area contributed by atoms with E-state index in [2.05, 4.69) is 15.2 Å². The number of benzene rings is 2. The highest BCUT2D eigenvalue weighted by atomic mass is 32.2. The van der Waals surface area contributed by atoms with Crippen molar-refractivity contribution in [3.05, 3.63) is 78.6 Å². The van der Waals surface area contributed by atoms with Gasteiger partial charge in [-0.15, -0.1) is 10.2 Å². The number of aromatic nitrogens is 5. The minimum Gasteiger partial charge on any atom is -0.497 e. The van der Waals surface area contributed by atoms with Crippen molar-refractivity contribution in [1.82, 2.24) is 24.3 Å². The molecule has 0 atom stereocenters. The number of alkyl halides is 2. The zero-order valence-electron chi connectivity index (χ0n) is 16.6. The van der Waals surface area contributed by atoms with Gasteiger partial charge in [-0.05, 0) is 36.4 Å². The van der Waals surface area contributed by atoms with E-state index in [0.29, 0.717) is 16.7 Å². The molecular weight excluding hydrogens is 424 g/mol. The molecule has 0 aliphatic rings. The van der Waals surface area contributed by atoms with Gasteiger partial charge in [-0.2, -0.15) is 8.78 Å². The summed E-state index contributed by atoms with van der Waals surface area (Å²) >= 11 is 1.28. The first-order chi connectivity index (χ1) is 15.2. The maximum Gasteiger partial charge on any atom is 0.319 e. The van der Waals surface area contributed by atoms with Gasteiger partial charge in [0, 0.05) is 18.1 Å². The quantitative estimate of drug-likeness (QED) is 0.348. The predicted molar refractivity (Wildman–Crippen MR) is 112 cm³/mol. The molecule has 0 aliphatic heterocycles. The highest BCUT2D eigenvalue weighted by Gasteiger charge is 2.17. The first kappa shape index (κ1) is 20.9. The zero-order chi connectivity index (χ0) is 21.6. The van der Waals surface area contributed by atoms with E-state index in [0.717, 1.165) is 16.0 Å². The third kappa shape index (κ3) is 4.85. The van der Waals surface area contributed by atoms with Crippen LogP contribution in [0.5, 0.6) is 11.5 Å². The SMILES string of the molecule is COc1ccc(OCc2nnc(SCc3nccn3C(F)F)n2-c2ccccc2)cc1. The summed E-state index contributed by atoms with van der Waals surface area (Å²) in [4.78, 5) is 4.02. The number of halogens is 2. The largest absolute Gasteiger partial charge is 0.497 e. The minimum absolute atomic E-state index is 0.181. The van der Waals surface area contributed by atoms with E-state index in [1.807, 2.05) is 59.2 Å². The molecule has 7 nitrogen and oxygen atoms in total. The molecule has 0 amide bonds. The van der Waals surface area contributed by atoms with E-state index >= 15 is 0 Å². The molecule has 0 aliphatic carbocycles. The number of hydrogen-bond acceptors (Lipinski definition) is 6. The summed E-state index contributed by atoms with van der Waals surface area (Å²) in [5, 5.41) is 9.08. The molecule has 0 radical (unpaired) electrons. The number of imidazole rings is 1. The third-order valence-electron chi connectivity index (χ3n) is 4.43. The highest BCUT2D eigenvalue weighted by Crippen LogP contribution is 2.27. The van der Waals surface area contributed by atoms with Crippen LogP contribution in [-0.2, 0) is 12.4 Å². The summed E-state index contributed by atoms with van der Waals surface area (Å²) in [5.41, 5.74) is 0.848. The zero-order valence-corrected chi connectivity index (χ0v) is 17.4. The molecule has 10 heteroatoms. The number of methoxy groups -OCH3 is 1. The molecule has 0 unspecified atom stereocenters. The molecule has 0 bridgehead atoms. The van der Waals surface area contributed by atoms with Crippen molar-refractivity contribution < 1.29 is 18.3 Å². The first-order valence-electron chi connectivity index (χ1n) is 9.35. The first-order valence-corrected chi connectivity index (χ1v) is 10.3. The maximum atomic E-state index is 13.1. The van der Waals surface area contributed by atoms with Gasteiger partial charge in [0.15, 0.2) is 11.0 Å². The summed E-state index contributed by atoms with van der Waals surface area (Å²) in [6.07, 6.45) is 2.62. The van der Waals surface area contributed by atoms with Crippen molar-refractivity contribution in [2.24, 2.45) is 0 Å². The summed E-state index contributed by atoms with van der Waals surface area (Å²) in [6.45, 7) is -2.46. The summed E-state index contributed by atoms with van der Waals surface area (Å²) in [7, 11) is 1.60. The molecule has 0 spiro atoms. The lowest BCUT2D eigenvalue weighted by Crippen LogP contribution is -2.07. The van der Waals surface area contributed by atoms with Crippen molar-refractivity contribution in [1.29, 1.82) is 0 Å². The van der Waals surface area contributed by atoms with E-state index in [1.54, 1.807) is 7.11 Å². The second-order valence-corrected chi connectivity index (χ2v) is 7.29. The number of nitrogens with zero attached hydrogens (tertiary/aromatic N) is 5. The predicted octanol–water partition coefficient (Wildman–Crippen LogP) is 4.74. The fraction of sp³-hybridized carbons (Fsp3) is 0.190. The van der Waals surface area contributed by atoms with Crippen molar-refractivity contribution >= 4 is 11.8 Å². The lowest BCUT2D eigenvalue weighted by molar-refractivity contribution is 0.0678. The van der Waals surface area contributed by atoms with Crippen LogP contribution >= 0.6 is 11.8 Å². The number of thioether (sulfide) groups is 1. The Hall–Kier alpha value is -3.40. The van der Waals surface area contributed by atoms with Gasteiger partial charge in [-0.25, -0.2) is 4.98 Å². The van der Waals surface area contributed by atoms with Crippen LogP contribution in [0, 0.1) is 0 Å². The Kier molecular flexibility index (Phi) is 6.46. The number of para-hydroxylation sites is 1. The van der Waals surface area contributed by atoms with Gasteiger partial charge in [0.2, 0.25) is 0 Å². The molecule has 31 heavy (non-hydrogen) atoms. The molecule has 0 saturated carbocycles. The molecule has 4 aromatic rings. The maximum absolute atomic E-state index is 13.1. The third-order valence-corrected chi connectivity index (χ3v) is 5.36. The van der Waals surface area contributed by atoms with E-state index in [4.69, 9.17) is 9.47 Å². The molecular formula is C21H19F2N5O2S. The second-order valence-electron chi connectivity index (χ2n) is 6.35. The van der Waals surface area contributed by atoms with Gasteiger partial charge < -0.3 is 9.47 Å². The van der Waals surface area contributed by atoms with E-state index in [9.17, 15) is 8.78 Å². The molecule has 2 aromatic carbocycles. The molecule has 2 heterocycles. The normalized spacial score (nSPS) is 11.1. The van der Waals surface area contributed by atoms with Crippen LogP contribution in [0.25, 0.3) is 5.69 Å². The number of ether oxygens (including phenoxy) is 2. The van der Waals surface area contributed by atoms with Crippen LogP contribution in [0.2, 0.25) is 0 Å². The Labute approximate surface area is 181 Å². The summed E-state index contributed by atoms with van der Waals surface area (Å²) in [6, 6.07) is 16.8. The van der Waals surface area contributed by atoms with E-state index in [-0.39, 0.29) is 18.2 Å². The average Bonchev–Trinajstić information content (AvgIpc) is 3.44. The molecule has 160 valence electrons. The van der Waals surface area contributed by atoms with Crippen LogP contribution in [0.4, 0.5) is 8.78 Å². The fourth-order valence-electron chi connectivity index (χ4n) is 2.91. The minimum atomic E-state index is -2.64. The Morgan fingerprint density at radius 2 is 1.71 bits per heavy atom. The van der Waals surface area contributed by atoms with Crippen molar-refractivity contribution in [3.63, 3.8) is 0 Å². The van der Waals surface area contributed by atoms with Crippen molar-refractivity contribution in [3.8, 4) is 17.2 Å². The molecule has 0 fully saturated rings. The fourth-order valence-corrected chi connectivity index (χ4v) is 3.83. The van der Waals surface area contributed by atoms with Gasteiger partial charge in [-0.3, -0.25) is 9.13 Å². The summed E-state index contributed by atoms with van der Waals surface area (Å²) < 4.78 is 39.9. The molecule has 0 N–H and O–H groups in total. The Morgan fingerprint density at radius 1 is 0.968 bits per heavy atom. The van der Waals surface area contributed by atoms with E-state index in [1.165, 1.54) is 24.2 Å². The van der Waals surface area contributed by atoms with Crippen molar-refractivity contribution in [2.45, 2.75) is 24.1 Å². The van der Waals surface area contributed by atoms with E-state index < -0.39 is 6.55 Å². The topological polar surface area (TPSA) is 67.0 Å². The van der Waals surface area contributed by atoms with Crippen LogP contribution < -0.4 is 9.47 Å². The van der Waals surface area contributed by atoms with Crippen LogP contribution in [0.1, 0.15) is 18.2 Å². The Bertz CT molecular complexity index is 1120. The molecule has 4 rings (SSSR count). The van der Waals surface area contributed by atoms with Gasteiger partial charge in [0.25, 0.3) is 0 Å². The smallest absolute Gasteiger partial charge is 0.319 e. The van der Waals surface area contributed by atoms with Gasteiger partial charge in [-0.1, -0.05) is 30.0 Å².